The van der Waals surface area contributed by atoms with Gasteiger partial charge in [-0.2, -0.15) is 13.2 Å². The Balaban J connectivity index is 1.78. The van der Waals surface area contributed by atoms with Gasteiger partial charge in [0, 0.05) is 42.3 Å². The number of rotatable bonds is 6. The third-order valence-electron chi connectivity index (χ3n) is 6.08. The fourth-order valence-electron chi connectivity index (χ4n) is 4.18. The van der Waals surface area contributed by atoms with Gasteiger partial charge in [0.25, 0.3) is 0 Å². The fraction of sp³-hybridized carbons (Fsp3) is 0.250. The first-order valence-electron chi connectivity index (χ1n) is 11.5. The lowest BCUT2D eigenvalue weighted by Gasteiger charge is -2.20. The Kier molecular flexibility index (Phi) is 6.87. The summed E-state index contributed by atoms with van der Waals surface area (Å²) in [5.41, 5.74) is 3.47. The molecular weight excluding hydrogens is 453 g/mol. The first-order valence-corrected chi connectivity index (χ1v) is 11.5. The first kappa shape index (κ1) is 24.4. The summed E-state index contributed by atoms with van der Waals surface area (Å²) < 4.78 is 47.2. The number of benzene rings is 3. The Morgan fingerprint density at radius 3 is 2.34 bits per heavy atom. The average molecular weight is 481 g/mol. The highest BCUT2D eigenvalue weighted by Gasteiger charge is 2.30. The summed E-state index contributed by atoms with van der Waals surface area (Å²) >= 11 is 0. The van der Waals surface area contributed by atoms with E-state index in [0.29, 0.717) is 24.4 Å². The molecule has 7 heteroatoms. The Hall–Kier alpha value is -3.74. The molecule has 4 nitrogen and oxygen atoms in total. The van der Waals surface area contributed by atoms with Gasteiger partial charge in [-0.1, -0.05) is 42.0 Å². The largest absolute Gasteiger partial charge is 0.416 e. The van der Waals surface area contributed by atoms with Crippen LogP contribution in [0.5, 0.6) is 5.75 Å². The summed E-state index contributed by atoms with van der Waals surface area (Å²) in [6, 6.07) is 18.8. The lowest BCUT2D eigenvalue weighted by atomic mass is 9.99. The van der Waals surface area contributed by atoms with Gasteiger partial charge in [-0.05, 0) is 62.2 Å². The van der Waals surface area contributed by atoms with Crippen molar-refractivity contribution < 1.29 is 22.7 Å². The van der Waals surface area contributed by atoms with Crippen molar-refractivity contribution in [2.45, 2.75) is 33.5 Å². The van der Waals surface area contributed by atoms with E-state index in [-0.39, 0.29) is 6.54 Å². The highest BCUT2D eigenvalue weighted by molar-refractivity contribution is 5.99. The van der Waals surface area contributed by atoms with Gasteiger partial charge < -0.3 is 14.2 Å². The molecule has 0 atom stereocenters. The van der Waals surface area contributed by atoms with Crippen molar-refractivity contribution in [1.29, 1.82) is 0 Å². The second-order valence-electron chi connectivity index (χ2n) is 8.42. The zero-order valence-corrected chi connectivity index (χ0v) is 19.9. The van der Waals surface area contributed by atoms with E-state index >= 15 is 0 Å². The highest BCUT2D eigenvalue weighted by Crippen LogP contribution is 2.38. The van der Waals surface area contributed by atoms with Crippen LogP contribution in [0.4, 0.5) is 18.0 Å². The maximum atomic E-state index is 13.2. The maximum absolute atomic E-state index is 13.2. The molecule has 4 rings (SSSR count). The molecule has 1 heterocycles. The lowest BCUT2D eigenvalue weighted by Crippen LogP contribution is -2.33. The summed E-state index contributed by atoms with van der Waals surface area (Å²) in [6.45, 7) is 7.12. The molecular formula is C28H27F3N2O2. The molecule has 1 aromatic heterocycles. The third-order valence-corrected chi connectivity index (χ3v) is 6.08. The Morgan fingerprint density at radius 2 is 1.69 bits per heavy atom. The quantitative estimate of drug-likeness (QED) is 0.286. The van der Waals surface area contributed by atoms with Crippen LogP contribution in [0.3, 0.4) is 0 Å². The van der Waals surface area contributed by atoms with Crippen LogP contribution >= 0.6 is 0 Å². The van der Waals surface area contributed by atoms with Gasteiger partial charge in [0.15, 0.2) is 0 Å². The van der Waals surface area contributed by atoms with Crippen molar-refractivity contribution in [3.8, 4) is 16.9 Å². The average Bonchev–Trinajstić information content (AvgIpc) is 3.23. The molecule has 0 aliphatic carbocycles. The Labute approximate surface area is 202 Å². The summed E-state index contributed by atoms with van der Waals surface area (Å²) in [5, 5.41) is 0.852. The molecule has 4 aromatic rings. The zero-order chi connectivity index (χ0) is 25.2. The molecule has 0 N–H and O–H groups in total. The standard InChI is InChI=1S/C28H27F3N2O2/c1-4-32(5-2)27(34)35-25-14-13-24-23(26(25)21-11-9-19(3)10-12-21)15-16-33(24)18-20-7-6-8-22(17-20)28(29,30)31/h6-17H,4-5,18H2,1-3H3. The summed E-state index contributed by atoms with van der Waals surface area (Å²) in [4.78, 5) is 14.3. The number of fused-ring (bicyclic) bond motifs is 1. The number of carbonyl (C=O) groups is 1. The van der Waals surface area contributed by atoms with Crippen LogP contribution in [0.2, 0.25) is 0 Å². The van der Waals surface area contributed by atoms with E-state index < -0.39 is 17.8 Å². The molecule has 35 heavy (non-hydrogen) atoms. The van der Waals surface area contributed by atoms with Crippen LogP contribution in [0, 0.1) is 6.92 Å². The van der Waals surface area contributed by atoms with Crippen molar-refractivity contribution in [2.24, 2.45) is 0 Å². The van der Waals surface area contributed by atoms with Gasteiger partial charge in [-0.3, -0.25) is 0 Å². The maximum Gasteiger partial charge on any atom is 0.416 e. The summed E-state index contributed by atoms with van der Waals surface area (Å²) in [7, 11) is 0. The number of nitrogens with zero attached hydrogens (tertiary/aromatic N) is 2. The molecule has 1 amide bonds. The monoisotopic (exact) mass is 480 g/mol. The summed E-state index contributed by atoms with van der Waals surface area (Å²) in [5.74, 6) is 0.440. The molecule has 0 aliphatic heterocycles. The molecule has 0 spiro atoms. The van der Waals surface area contributed by atoms with Crippen LogP contribution in [0.25, 0.3) is 22.0 Å². The van der Waals surface area contributed by atoms with Gasteiger partial charge in [0.05, 0.1) is 5.56 Å². The first-order chi connectivity index (χ1) is 16.7. The minimum atomic E-state index is -4.39. The van der Waals surface area contributed by atoms with E-state index in [1.54, 1.807) is 17.0 Å². The van der Waals surface area contributed by atoms with Gasteiger partial charge in [0.2, 0.25) is 0 Å². The number of ether oxygens (including phenoxy) is 1. The van der Waals surface area contributed by atoms with E-state index in [1.165, 1.54) is 12.1 Å². The molecule has 0 radical (unpaired) electrons. The van der Waals surface area contributed by atoms with Gasteiger partial charge in [-0.25, -0.2) is 4.79 Å². The topological polar surface area (TPSA) is 34.5 Å². The minimum absolute atomic E-state index is 0.277. The fourth-order valence-corrected chi connectivity index (χ4v) is 4.18. The predicted molar refractivity (Wildman–Crippen MR) is 132 cm³/mol. The molecule has 182 valence electrons. The molecule has 3 aromatic carbocycles. The number of carbonyl (C=O) groups excluding carboxylic acids is 1. The van der Waals surface area contributed by atoms with Crippen LogP contribution in [0.1, 0.15) is 30.5 Å². The van der Waals surface area contributed by atoms with Crippen LogP contribution in [-0.2, 0) is 12.7 Å². The second kappa shape index (κ2) is 9.86. The van der Waals surface area contributed by atoms with Crippen LogP contribution in [-0.4, -0.2) is 28.6 Å². The molecule has 0 saturated heterocycles. The van der Waals surface area contributed by atoms with E-state index in [0.717, 1.165) is 33.7 Å². The van der Waals surface area contributed by atoms with E-state index in [9.17, 15) is 18.0 Å². The van der Waals surface area contributed by atoms with Crippen molar-refractivity contribution in [3.05, 3.63) is 89.6 Å². The summed E-state index contributed by atoms with van der Waals surface area (Å²) in [6.07, 6.45) is -2.97. The smallest absolute Gasteiger partial charge is 0.410 e. The molecule has 0 bridgehead atoms. The number of alkyl halides is 3. The molecule has 0 aliphatic rings. The Morgan fingerprint density at radius 1 is 0.971 bits per heavy atom. The molecule has 0 saturated carbocycles. The van der Waals surface area contributed by atoms with Gasteiger partial charge >= 0.3 is 12.3 Å². The number of halogens is 3. The highest BCUT2D eigenvalue weighted by atomic mass is 19.4. The SMILES string of the molecule is CCN(CC)C(=O)Oc1ccc2c(ccn2Cc2cccc(C(F)(F)F)c2)c1-c1ccc(C)cc1. The van der Waals surface area contributed by atoms with E-state index in [4.69, 9.17) is 4.74 Å². The van der Waals surface area contributed by atoms with E-state index in [1.807, 2.05) is 67.9 Å². The van der Waals surface area contributed by atoms with Gasteiger partial charge in [-0.15, -0.1) is 0 Å². The van der Waals surface area contributed by atoms with Crippen molar-refractivity contribution in [1.82, 2.24) is 9.47 Å². The number of amides is 1. The van der Waals surface area contributed by atoms with Gasteiger partial charge in [0.1, 0.15) is 5.75 Å². The van der Waals surface area contributed by atoms with Crippen molar-refractivity contribution in [2.75, 3.05) is 13.1 Å². The third kappa shape index (κ3) is 5.19. The van der Waals surface area contributed by atoms with Crippen molar-refractivity contribution in [3.63, 3.8) is 0 Å². The zero-order valence-electron chi connectivity index (χ0n) is 19.9. The number of hydrogen-bond donors (Lipinski definition) is 0. The predicted octanol–water partition coefficient (Wildman–Crippen LogP) is 7.52. The molecule has 0 fully saturated rings. The normalized spacial score (nSPS) is 11.6. The number of aryl methyl sites for hydroxylation is 1. The number of hydrogen-bond acceptors (Lipinski definition) is 2. The van der Waals surface area contributed by atoms with Crippen LogP contribution < -0.4 is 4.74 Å². The minimum Gasteiger partial charge on any atom is -0.410 e. The molecule has 0 unspecified atom stereocenters. The lowest BCUT2D eigenvalue weighted by molar-refractivity contribution is -0.137. The second-order valence-corrected chi connectivity index (χ2v) is 8.42. The van der Waals surface area contributed by atoms with Crippen molar-refractivity contribution >= 4 is 17.0 Å². The number of aromatic nitrogens is 1. The Bertz CT molecular complexity index is 1340. The van der Waals surface area contributed by atoms with E-state index in [2.05, 4.69) is 0 Å². The van der Waals surface area contributed by atoms with Crippen LogP contribution in [0.15, 0.2) is 72.9 Å².